The van der Waals surface area contributed by atoms with Gasteiger partial charge >= 0.3 is 5.97 Å². The van der Waals surface area contributed by atoms with E-state index in [1.165, 1.54) is 10.8 Å². The number of thioether (sulfide) groups is 1. The molecule has 0 aliphatic carbocycles. The molecule has 0 unspecified atom stereocenters. The number of thiophene rings is 1. The number of rotatable bonds is 9. The van der Waals surface area contributed by atoms with E-state index in [-0.39, 0.29) is 36.9 Å². The highest BCUT2D eigenvalue weighted by Crippen LogP contribution is 2.30. The minimum Gasteiger partial charge on any atom is -0.467 e. The summed E-state index contributed by atoms with van der Waals surface area (Å²) in [4.78, 5) is 43.8. The van der Waals surface area contributed by atoms with Crippen molar-refractivity contribution in [3.63, 3.8) is 0 Å². The molecule has 0 atom stereocenters. The Morgan fingerprint density at radius 2 is 2.06 bits per heavy atom. The summed E-state index contributed by atoms with van der Waals surface area (Å²) in [6.07, 6.45) is 1.52. The third-order valence-corrected chi connectivity index (χ3v) is 7.65. The maximum Gasteiger partial charge on any atom is 0.348 e. The molecule has 0 bridgehead atoms. The summed E-state index contributed by atoms with van der Waals surface area (Å²) in [6, 6.07) is 10.8. The van der Waals surface area contributed by atoms with Crippen molar-refractivity contribution in [2.24, 2.45) is 0 Å². The van der Waals surface area contributed by atoms with Gasteiger partial charge in [0.15, 0.2) is 5.16 Å². The summed E-state index contributed by atoms with van der Waals surface area (Å²) >= 11 is 8.40. The fraction of sp³-hybridized carbons (Fsp3) is 0.250. The van der Waals surface area contributed by atoms with E-state index >= 15 is 0 Å². The Kier molecular flexibility index (Phi) is 7.94. The van der Waals surface area contributed by atoms with E-state index in [1.54, 1.807) is 32.0 Å². The van der Waals surface area contributed by atoms with Gasteiger partial charge in [-0.25, -0.2) is 9.78 Å². The lowest BCUT2D eigenvalue weighted by Crippen LogP contribution is -2.27. The summed E-state index contributed by atoms with van der Waals surface area (Å²) in [5.41, 5.74) is 1.03. The Hall–Kier alpha value is -3.08. The molecule has 1 amide bonds. The van der Waals surface area contributed by atoms with Crippen LogP contribution in [0, 0.1) is 6.92 Å². The highest BCUT2D eigenvalue weighted by Gasteiger charge is 2.23. The van der Waals surface area contributed by atoms with Crippen molar-refractivity contribution in [3.8, 4) is 0 Å². The van der Waals surface area contributed by atoms with Crippen molar-refractivity contribution in [3.05, 3.63) is 79.8 Å². The number of benzene rings is 1. The zero-order valence-corrected chi connectivity index (χ0v) is 21.4. The number of fused-ring (bicyclic) bond motifs is 1. The molecule has 0 aliphatic heterocycles. The van der Waals surface area contributed by atoms with E-state index in [1.807, 2.05) is 18.2 Å². The molecule has 0 fully saturated rings. The van der Waals surface area contributed by atoms with Crippen molar-refractivity contribution < 1.29 is 18.7 Å². The van der Waals surface area contributed by atoms with Gasteiger partial charge in [-0.15, -0.1) is 11.3 Å². The molecule has 3 heterocycles. The van der Waals surface area contributed by atoms with E-state index in [0.717, 1.165) is 28.7 Å². The summed E-state index contributed by atoms with van der Waals surface area (Å²) in [5.74, 6) is -0.117. The van der Waals surface area contributed by atoms with Gasteiger partial charge in [0.2, 0.25) is 5.91 Å². The van der Waals surface area contributed by atoms with Crippen molar-refractivity contribution in [1.82, 2.24) is 14.9 Å². The number of hydrogen-bond donors (Lipinski definition) is 1. The molecule has 4 aromatic rings. The minimum absolute atomic E-state index is 0.0373. The van der Waals surface area contributed by atoms with Crippen LogP contribution in [-0.2, 0) is 22.6 Å². The lowest BCUT2D eigenvalue weighted by atomic mass is 10.2. The zero-order valence-electron chi connectivity index (χ0n) is 19.0. The first-order valence-corrected chi connectivity index (χ1v) is 12.9. The zero-order chi connectivity index (χ0) is 24.9. The van der Waals surface area contributed by atoms with Crippen LogP contribution in [-0.4, -0.2) is 33.8 Å². The molecular weight excluding hydrogens is 510 g/mol. The van der Waals surface area contributed by atoms with Gasteiger partial charge < -0.3 is 14.5 Å². The predicted octanol–water partition coefficient (Wildman–Crippen LogP) is 4.65. The van der Waals surface area contributed by atoms with E-state index in [4.69, 9.17) is 20.8 Å². The fourth-order valence-corrected chi connectivity index (χ4v) is 5.56. The van der Waals surface area contributed by atoms with Gasteiger partial charge in [-0.3, -0.25) is 14.2 Å². The molecule has 0 saturated heterocycles. The quantitative estimate of drug-likeness (QED) is 0.190. The topological polar surface area (TPSA) is 103 Å². The van der Waals surface area contributed by atoms with Crippen LogP contribution in [0.1, 0.15) is 33.5 Å². The van der Waals surface area contributed by atoms with Crippen LogP contribution in [0.4, 0.5) is 0 Å². The molecule has 0 saturated carbocycles. The molecule has 1 aromatic carbocycles. The van der Waals surface area contributed by atoms with E-state index in [9.17, 15) is 14.4 Å². The third-order valence-electron chi connectivity index (χ3n) is 5.14. The lowest BCUT2D eigenvalue weighted by molar-refractivity contribution is -0.118. The largest absolute Gasteiger partial charge is 0.467 e. The second kappa shape index (κ2) is 11.1. The molecule has 3 aromatic heterocycles. The fourth-order valence-electron chi connectivity index (χ4n) is 3.41. The average Bonchev–Trinajstić information content (AvgIpc) is 3.47. The number of aromatic nitrogens is 2. The smallest absolute Gasteiger partial charge is 0.348 e. The molecular formula is C24H22ClN3O5S2. The molecule has 0 aliphatic rings. The molecule has 1 N–H and O–H groups in total. The van der Waals surface area contributed by atoms with Crippen LogP contribution >= 0.6 is 34.7 Å². The number of aryl methyl sites for hydroxylation is 1. The van der Waals surface area contributed by atoms with Crippen LogP contribution in [0.3, 0.4) is 0 Å². The van der Waals surface area contributed by atoms with Gasteiger partial charge in [-0.1, -0.05) is 41.6 Å². The molecule has 182 valence electrons. The number of carbonyl (C=O) groups is 2. The highest BCUT2D eigenvalue weighted by molar-refractivity contribution is 7.99. The number of halogens is 1. The van der Waals surface area contributed by atoms with Gasteiger partial charge in [0.05, 0.1) is 30.6 Å². The maximum absolute atomic E-state index is 13.5. The summed E-state index contributed by atoms with van der Waals surface area (Å²) in [7, 11) is 0. The summed E-state index contributed by atoms with van der Waals surface area (Å²) < 4.78 is 12.0. The van der Waals surface area contributed by atoms with E-state index in [0.29, 0.717) is 36.6 Å². The number of furan rings is 1. The van der Waals surface area contributed by atoms with Gasteiger partial charge in [0.1, 0.15) is 15.5 Å². The average molecular weight is 532 g/mol. The molecule has 0 spiro atoms. The van der Waals surface area contributed by atoms with E-state index < -0.39 is 5.97 Å². The standard InChI is InChI=1S/C24H22ClN3O5S2/c1-3-32-23(31)20-14(2)19-21(35-20)27-24(28(22(19)30)12-16-8-6-10-33-16)34-13-18(29)26-11-15-7-4-5-9-17(15)25/h4-10H,3,11-13H2,1-2H3,(H,26,29). The summed E-state index contributed by atoms with van der Waals surface area (Å²) in [5, 5.41) is 4.12. The number of hydrogen-bond acceptors (Lipinski definition) is 8. The van der Waals surface area contributed by atoms with Crippen LogP contribution < -0.4 is 10.9 Å². The molecule has 11 heteroatoms. The predicted molar refractivity (Wildman–Crippen MR) is 136 cm³/mol. The van der Waals surface area contributed by atoms with E-state index in [2.05, 4.69) is 10.3 Å². The Balaban J connectivity index is 1.62. The first-order chi connectivity index (χ1) is 16.9. The highest BCUT2D eigenvalue weighted by atomic mass is 35.5. The lowest BCUT2D eigenvalue weighted by Gasteiger charge is -2.11. The Morgan fingerprint density at radius 3 is 2.77 bits per heavy atom. The third kappa shape index (κ3) is 5.61. The van der Waals surface area contributed by atoms with Gasteiger partial charge in [-0.05, 0) is 43.2 Å². The van der Waals surface area contributed by atoms with Crippen LogP contribution in [0.25, 0.3) is 10.2 Å². The Morgan fingerprint density at radius 1 is 1.26 bits per heavy atom. The second-order valence-electron chi connectivity index (χ2n) is 7.48. The van der Waals surface area contributed by atoms with Crippen LogP contribution in [0.15, 0.2) is 57.0 Å². The normalized spacial score (nSPS) is 11.1. The number of nitrogens with one attached hydrogen (secondary N) is 1. The number of esters is 1. The summed E-state index contributed by atoms with van der Waals surface area (Å²) in [6.45, 7) is 4.09. The van der Waals surface area contributed by atoms with Crippen molar-refractivity contribution in [2.75, 3.05) is 12.4 Å². The number of ether oxygens (including phenoxy) is 1. The van der Waals surface area contributed by atoms with Crippen molar-refractivity contribution in [2.45, 2.75) is 32.1 Å². The van der Waals surface area contributed by atoms with Crippen LogP contribution in [0.5, 0.6) is 0 Å². The Bertz CT molecular complexity index is 1430. The molecule has 4 rings (SSSR count). The van der Waals surface area contributed by atoms with Crippen LogP contribution in [0.2, 0.25) is 5.02 Å². The molecule has 0 radical (unpaired) electrons. The molecule has 8 nitrogen and oxygen atoms in total. The monoisotopic (exact) mass is 531 g/mol. The van der Waals surface area contributed by atoms with Crippen molar-refractivity contribution in [1.29, 1.82) is 0 Å². The number of amides is 1. The van der Waals surface area contributed by atoms with Gasteiger partial charge in [0, 0.05) is 11.6 Å². The Labute approximate surface area is 214 Å². The first kappa shape index (κ1) is 25.0. The van der Waals surface area contributed by atoms with Crippen molar-refractivity contribution >= 4 is 56.8 Å². The van der Waals surface area contributed by atoms with Gasteiger partial charge in [-0.2, -0.15) is 0 Å². The first-order valence-electron chi connectivity index (χ1n) is 10.7. The second-order valence-corrected chi connectivity index (χ2v) is 9.83. The maximum atomic E-state index is 13.5. The minimum atomic E-state index is -0.488. The molecule has 35 heavy (non-hydrogen) atoms. The number of nitrogens with zero attached hydrogens (tertiary/aromatic N) is 2. The van der Waals surface area contributed by atoms with Gasteiger partial charge in [0.25, 0.3) is 5.56 Å². The number of carbonyl (C=O) groups excluding carboxylic acids is 2. The SMILES string of the molecule is CCOC(=O)c1sc2nc(SCC(=O)NCc3ccccc3Cl)n(Cc3ccco3)c(=O)c2c1C.